The summed E-state index contributed by atoms with van der Waals surface area (Å²) in [4.78, 5) is 9.82. The summed E-state index contributed by atoms with van der Waals surface area (Å²) in [6, 6.07) is 65.4. The van der Waals surface area contributed by atoms with E-state index in [0.29, 0.717) is 6.67 Å². The number of hydrogen-bond donors (Lipinski definition) is 0. The van der Waals surface area contributed by atoms with Gasteiger partial charge in [-0.2, -0.15) is 0 Å². The smallest absolute Gasteiger partial charge is 0.137 e. The van der Waals surface area contributed by atoms with Crippen molar-refractivity contribution in [3.63, 3.8) is 0 Å². The molecule has 66 heavy (non-hydrogen) atoms. The first-order valence-electron chi connectivity index (χ1n) is 23.1. The molecular formula is C61H58N4O. The molecule has 2 aromatic heterocycles. The zero-order valence-corrected chi connectivity index (χ0v) is 39.4. The van der Waals surface area contributed by atoms with Crippen molar-refractivity contribution in [1.82, 2.24) is 9.55 Å². The molecule has 5 heteroatoms. The van der Waals surface area contributed by atoms with E-state index in [2.05, 4.69) is 258 Å². The molecule has 328 valence electrons. The van der Waals surface area contributed by atoms with E-state index in [9.17, 15) is 0 Å². The summed E-state index contributed by atoms with van der Waals surface area (Å²) in [6.45, 7) is 18.9. The van der Waals surface area contributed by atoms with Gasteiger partial charge in [-0.1, -0.05) is 177 Å². The standard InChI is InChI=1S/C61H58N4O/c1-59(2,3)46-27-20-28-48(35-46)64-41-63(40-56(64)43-23-14-10-15-24-43)49-33-44(42-21-12-9-13-22-42)34-50(37-49)66-51-38-53(61(7,8)45-25-16-11-17-26-45)58-52-29-18-19-30-54(52)65(55(58)39-51)57-36-47(31-32-62-57)60(4,5)6/h9-40H,41H2,1-8H3. The van der Waals surface area contributed by atoms with Crippen molar-refractivity contribution >= 4 is 38.9 Å². The van der Waals surface area contributed by atoms with Crippen molar-refractivity contribution in [2.75, 3.05) is 16.5 Å². The summed E-state index contributed by atoms with van der Waals surface area (Å²) in [5.41, 5.74) is 13.4. The fourth-order valence-electron chi connectivity index (χ4n) is 9.47. The zero-order chi connectivity index (χ0) is 45.8. The van der Waals surface area contributed by atoms with E-state index in [4.69, 9.17) is 9.72 Å². The van der Waals surface area contributed by atoms with Gasteiger partial charge >= 0.3 is 0 Å². The normalized spacial score (nSPS) is 13.4. The average molecular weight is 863 g/mol. The third kappa shape index (κ3) is 8.04. The molecule has 0 atom stereocenters. The number of aromatic nitrogens is 2. The van der Waals surface area contributed by atoms with Crippen molar-refractivity contribution in [2.24, 2.45) is 0 Å². The minimum Gasteiger partial charge on any atom is -0.457 e. The van der Waals surface area contributed by atoms with Crippen molar-refractivity contribution < 1.29 is 4.74 Å². The summed E-state index contributed by atoms with van der Waals surface area (Å²) in [5.74, 6) is 2.40. The maximum Gasteiger partial charge on any atom is 0.137 e. The van der Waals surface area contributed by atoms with Crippen LogP contribution < -0.4 is 14.5 Å². The van der Waals surface area contributed by atoms with Crippen LogP contribution in [0, 0.1) is 0 Å². The van der Waals surface area contributed by atoms with Gasteiger partial charge in [-0.3, -0.25) is 4.57 Å². The van der Waals surface area contributed by atoms with Crippen molar-refractivity contribution in [3.05, 3.63) is 222 Å². The van der Waals surface area contributed by atoms with Gasteiger partial charge in [0, 0.05) is 52.1 Å². The minimum atomic E-state index is -0.381. The molecule has 7 aromatic carbocycles. The third-order valence-electron chi connectivity index (χ3n) is 13.3. The van der Waals surface area contributed by atoms with Crippen LogP contribution in [0.25, 0.3) is 44.4 Å². The predicted molar refractivity (Wildman–Crippen MR) is 277 cm³/mol. The van der Waals surface area contributed by atoms with E-state index in [1.165, 1.54) is 33.0 Å². The molecule has 0 aliphatic carbocycles. The Kier molecular flexibility index (Phi) is 10.7. The van der Waals surface area contributed by atoms with Gasteiger partial charge in [-0.25, -0.2) is 4.98 Å². The molecular weight excluding hydrogens is 805 g/mol. The van der Waals surface area contributed by atoms with E-state index >= 15 is 0 Å². The topological polar surface area (TPSA) is 33.5 Å². The average Bonchev–Trinajstić information content (AvgIpc) is 3.92. The van der Waals surface area contributed by atoms with Crippen LogP contribution in [0.4, 0.5) is 11.4 Å². The van der Waals surface area contributed by atoms with Crippen molar-refractivity contribution in [1.29, 1.82) is 0 Å². The second-order valence-electron chi connectivity index (χ2n) is 20.3. The summed E-state index contributed by atoms with van der Waals surface area (Å²) in [6.07, 6.45) is 4.23. The van der Waals surface area contributed by atoms with E-state index in [0.717, 1.165) is 62.1 Å². The highest BCUT2D eigenvalue weighted by Crippen LogP contribution is 2.46. The Bertz CT molecular complexity index is 3240. The number of benzene rings is 7. The molecule has 0 unspecified atom stereocenters. The molecule has 3 heterocycles. The van der Waals surface area contributed by atoms with Crippen LogP contribution in [-0.4, -0.2) is 16.2 Å². The second kappa shape index (κ2) is 16.6. The fraction of sp³-hybridized carbons (Fsp3) is 0.197. The predicted octanol–water partition coefficient (Wildman–Crippen LogP) is 15.8. The molecule has 0 N–H and O–H groups in total. The van der Waals surface area contributed by atoms with E-state index in [1.807, 2.05) is 6.20 Å². The Labute approximate surface area is 390 Å². The molecule has 0 radical (unpaired) electrons. The van der Waals surface area contributed by atoms with Gasteiger partial charge in [0.05, 0.1) is 23.4 Å². The Morgan fingerprint density at radius 1 is 0.485 bits per heavy atom. The largest absolute Gasteiger partial charge is 0.457 e. The van der Waals surface area contributed by atoms with Crippen LogP contribution in [0.2, 0.25) is 0 Å². The van der Waals surface area contributed by atoms with Gasteiger partial charge in [-0.05, 0) is 98.3 Å². The van der Waals surface area contributed by atoms with Gasteiger partial charge in [0.2, 0.25) is 0 Å². The summed E-state index contributed by atoms with van der Waals surface area (Å²) >= 11 is 0. The molecule has 0 saturated heterocycles. The molecule has 9 aromatic rings. The number of pyridine rings is 1. The lowest BCUT2D eigenvalue weighted by Gasteiger charge is -2.28. The highest BCUT2D eigenvalue weighted by atomic mass is 16.5. The lowest BCUT2D eigenvalue weighted by Crippen LogP contribution is -2.26. The van der Waals surface area contributed by atoms with E-state index in [1.54, 1.807) is 0 Å². The minimum absolute atomic E-state index is 0.0167. The fourth-order valence-corrected chi connectivity index (χ4v) is 9.47. The molecule has 10 rings (SSSR count). The number of nitrogens with zero attached hydrogens (tertiary/aromatic N) is 4. The van der Waals surface area contributed by atoms with E-state index < -0.39 is 0 Å². The SMILES string of the molecule is CC(C)(C)c1cccc(N2CN(c3cc(Oc4cc(C(C)(C)c5ccccc5)c5c6ccccc6n(-c6cc(C(C)(C)C)ccn6)c5c4)cc(-c4ccccc4)c3)C=C2c2ccccc2)c1. The maximum atomic E-state index is 7.27. The van der Waals surface area contributed by atoms with Crippen LogP contribution in [-0.2, 0) is 16.2 Å². The van der Waals surface area contributed by atoms with Crippen LogP contribution >= 0.6 is 0 Å². The molecule has 0 amide bonds. The number of para-hydroxylation sites is 1. The first-order chi connectivity index (χ1) is 31.7. The number of hydrogen-bond acceptors (Lipinski definition) is 4. The molecule has 1 aliphatic rings. The number of fused-ring (bicyclic) bond motifs is 3. The Balaban J connectivity index is 1.16. The van der Waals surface area contributed by atoms with Gasteiger partial charge in [0.1, 0.15) is 17.3 Å². The zero-order valence-electron chi connectivity index (χ0n) is 39.4. The van der Waals surface area contributed by atoms with Crippen LogP contribution in [0.1, 0.15) is 83.2 Å². The lowest BCUT2D eigenvalue weighted by molar-refractivity contribution is 0.481. The Morgan fingerprint density at radius 2 is 1.11 bits per heavy atom. The third-order valence-corrected chi connectivity index (χ3v) is 13.3. The quantitative estimate of drug-likeness (QED) is 0.145. The Hall–Kier alpha value is -7.37. The molecule has 5 nitrogen and oxygen atoms in total. The maximum absolute atomic E-state index is 7.27. The summed E-state index contributed by atoms with van der Waals surface area (Å²) in [7, 11) is 0. The van der Waals surface area contributed by atoms with Crippen molar-refractivity contribution in [3.8, 4) is 28.4 Å². The van der Waals surface area contributed by atoms with Gasteiger partial charge < -0.3 is 14.5 Å². The van der Waals surface area contributed by atoms with E-state index in [-0.39, 0.29) is 16.2 Å². The van der Waals surface area contributed by atoms with Crippen molar-refractivity contribution in [2.45, 2.75) is 71.6 Å². The molecule has 0 bridgehead atoms. The highest BCUT2D eigenvalue weighted by molar-refractivity contribution is 6.12. The highest BCUT2D eigenvalue weighted by Gasteiger charge is 2.31. The van der Waals surface area contributed by atoms with Gasteiger partial charge in [0.15, 0.2) is 0 Å². The second-order valence-corrected chi connectivity index (χ2v) is 20.3. The Morgan fingerprint density at radius 3 is 1.82 bits per heavy atom. The van der Waals surface area contributed by atoms with Gasteiger partial charge in [0.25, 0.3) is 0 Å². The number of rotatable bonds is 9. The molecule has 0 saturated carbocycles. The first kappa shape index (κ1) is 42.6. The monoisotopic (exact) mass is 862 g/mol. The van der Waals surface area contributed by atoms with Crippen LogP contribution in [0.15, 0.2) is 194 Å². The van der Waals surface area contributed by atoms with Crippen LogP contribution in [0.5, 0.6) is 11.5 Å². The molecule has 0 fully saturated rings. The number of ether oxygens (including phenoxy) is 1. The number of anilines is 2. The van der Waals surface area contributed by atoms with Gasteiger partial charge in [-0.15, -0.1) is 0 Å². The van der Waals surface area contributed by atoms with Crippen LogP contribution in [0.3, 0.4) is 0 Å². The molecule has 1 aliphatic heterocycles. The molecule has 0 spiro atoms. The summed E-state index contributed by atoms with van der Waals surface area (Å²) in [5, 5.41) is 2.38. The lowest BCUT2D eigenvalue weighted by atomic mass is 9.76. The first-order valence-corrected chi connectivity index (χ1v) is 23.1. The summed E-state index contributed by atoms with van der Waals surface area (Å²) < 4.78 is 9.59.